The second-order valence-corrected chi connectivity index (χ2v) is 5.29. The predicted octanol–water partition coefficient (Wildman–Crippen LogP) is 2.68. The zero-order valence-electron chi connectivity index (χ0n) is 17.8. The molecule has 162 valence electrons. The fourth-order valence-electron chi connectivity index (χ4n) is 0.561. The van der Waals surface area contributed by atoms with Crippen molar-refractivity contribution in [3.63, 3.8) is 0 Å². The van der Waals surface area contributed by atoms with Gasteiger partial charge in [-0.2, -0.15) is 0 Å². The van der Waals surface area contributed by atoms with Gasteiger partial charge in [0.1, 0.15) is 13.2 Å². The molecule has 6 nitrogen and oxygen atoms in total. The number of carbonyl (C=O) groups excluding carboxylic acids is 2. The molecule has 0 aliphatic heterocycles. The van der Waals surface area contributed by atoms with E-state index in [1.54, 1.807) is 14.2 Å². The van der Waals surface area contributed by atoms with E-state index in [2.05, 4.69) is 71.9 Å². The van der Waals surface area contributed by atoms with Crippen molar-refractivity contribution in [1.82, 2.24) is 0 Å². The van der Waals surface area contributed by atoms with Crippen LogP contribution in [0.25, 0.3) is 0 Å². The molecule has 0 aromatic carbocycles. The van der Waals surface area contributed by atoms with Crippen molar-refractivity contribution in [3.8, 4) is 0 Å². The number of methoxy groups -OCH3 is 2. The predicted molar refractivity (Wildman–Crippen MR) is 117 cm³/mol. The summed E-state index contributed by atoms with van der Waals surface area (Å²) in [6.07, 6.45) is 5.28. The van der Waals surface area contributed by atoms with Crippen LogP contribution in [0, 0.1) is 0 Å². The van der Waals surface area contributed by atoms with E-state index in [1.165, 1.54) is 25.7 Å². The van der Waals surface area contributed by atoms with E-state index in [4.69, 9.17) is 0 Å². The van der Waals surface area contributed by atoms with E-state index in [9.17, 15) is 9.59 Å². The molecule has 27 heavy (non-hydrogen) atoms. The minimum absolute atomic E-state index is 0. The number of esters is 2. The smallest absolute Gasteiger partial charge is 0.782 e. The van der Waals surface area contributed by atoms with Crippen molar-refractivity contribution in [2.45, 2.75) is 53.4 Å². The molecule has 0 amide bonds. The van der Waals surface area contributed by atoms with Crippen molar-refractivity contribution >= 4 is 61.1 Å². The van der Waals surface area contributed by atoms with E-state index in [0.29, 0.717) is 26.4 Å². The quantitative estimate of drug-likeness (QED) is 0.184. The summed E-state index contributed by atoms with van der Waals surface area (Å²) in [5.74, 6) is -0.683. The summed E-state index contributed by atoms with van der Waals surface area (Å²) in [5.41, 5.74) is 0. The zero-order valence-corrected chi connectivity index (χ0v) is 22.3. The average molecular weight is 533 g/mol. The monoisotopic (exact) mass is 534 g/mol. The molecule has 0 heterocycles. The number of hydrogen-bond donors (Lipinski definition) is 0. The van der Waals surface area contributed by atoms with Gasteiger partial charge < -0.3 is 44.2 Å². The molecule has 0 bridgehead atoms. The Kier molecular flexibility index (Phi) is 57.6. The molecule has 0 spiro atoms. The number of hydrogen-bond acceptors (Lipinski definition) is 8. The van der Waals surface area contributed by atoms with Crippen LogP contribution < -0.4 is 0 Å². The Balaban J connectivity index is -0.0000000843. The van der Waals surface area contributed by atoms with Gasteiger partial charge in [-0.3, -0.25) is 9.59 Å². The Labute approximate surface area is 194 Å². The van der Waals surface area contributed by atoms with Crippen LogP contribution in [0.4, 0.5) is 0 Å². The van der Waals surface area contributed by atoms with Crippen molar-refractivity contribution in [1.29, 1.82) is 0 Å². The summed E-state index contributed by atoms with van der Waals surface area (Å²) in [7, 11) is 3.09. The molecule has 0 rings (SSSR count). The standard InChI is InChI=1S/2C5H10O3S.2C4H10.Sn/c2*1-7-2-3-8-5(6)4-9;2*1-3-4-2;/h2*9H,2-4H2,1H3;2*3-4H2,1-2H3;/q;;;;+2/p-2. The van der Waals surface area contributed by atoms with Gasteiger partial charge in [0.25, 0.3) is 11.9 Å². The Bertz CT molecular complexity index is 242. The van der Waals surface area contributed by atoms with Crippen LogP contribution in [0.5, 0.6) is 0 Å². The van der Waals surface area contributed by atoms with Crippen LogP contribution in [0.3, 0.4) is 0 Å². The van der Waals surface area contributed by atoms with E-state index >= 15 is 0 Å². The Morgan fingerprint density at radius 2 is 0.889 bits per heavy atom. The van der Waals surface area contributed by atoms with Gasteiger partial charge in [-0.1, -0.05) is 64.9 Å². The van der Waals surface area contributed by atoms with Gasteiger partial charge in [0.05, 0.1) is 13.2 Å². The third-order valence-corrected chi connectivity index (χ3v) is 2.81. The summed E-state index contributed by atoms with van der Waals surface area (Å²) >= 11 is 8.82. The maximum atomic E-state index is 10.3. The Hall–Kier alpha value is 0.359. The molecule has 0 aromatic heterocycles. The van der Waals surface area contributed by atoms with Gasteiger partial charge in [0.15, 0.2) is 0 Å². The van der Waals surface area contributed by atoms with Crippen LogP contribution in [-0.2, 0) is 53.8 Å². The normalized spacial score (nSPS) is 8.30. The second kappa shape index (κ2) is 40.9. The third kappa shape index (κ3) is 58.4. The third-order valence-electron chi connectivity index (χ3n) is 2.34. The zero-order chi connectivity index (χ0) is 21.1. The molecule has 0 aliphatic carbocycles. The molecule has 0 aromatic rings. The van der Waals surface area contributed by atoms with Gasteiger partial charge in [-0.15, -0.1) is 0 Å². The Morgan fingerprint density at radius 1 is 0.630 bits per heavy atom. The summed E-state index contributed by atoms with van der Waals surface area (Å²) in [4.78, 5) is 20.6. The molecule has 0 unspecified atom stereocenters. The van der Waals surface area contributed by atoms with Crippen LogP contribution in [0.2, 0.25) is 0 Å². The first kappa shape index (κ1) is 38.0. The first-order valence-electron chi connectivity index (χ1n) is 8.90. The van der Waals surface area contributed by atoms with Gasteiger partial charge >= 0.3 is 23.9 Å². The van der Waals surface area contributed by atoms with Gasteiger partial charge in [0, 0.05) is 14.2 Å². The number of unbranched alkanes of at least 4 members (excludes halogenated alkanes) is 2. The van der Waals surface area contributed by atoms with Gasteiger partial charge in [-0.25, -0.2) is 0 Å². The van der Waals surface area contributed by atoms with Crippen LogP contribution in [0.1, 0.15) is 53.4 Å². The fourth-order valence-corrected chi connectivity index (χ4v) is 0.728. The second-order valence-electron chi connectivity index (χ2n) is 4.72. The number of carbonyl (C=O) groups is 2. The van der Waals surface area contributed by atoms with Gasteiger partial charge in [-0.05, 0) is 0 Å². The van der Waals surface area contributed by atoms with Crippen molar-refractivity contribution in [2.75, 3.05) is 52.2 Å². The van der Waals surface area contributed by atoms with Crippen molar-refractivity contribution in [3.05, 3.63) is 0 Å². The molecule has 0 N–H and O–H groups in total. The summed E-state index contributed by atoms with van der Waals surface area (Å²) in [5, 5.41) is 0. The Morgan fingerprint density at radius 3 is 1.04 bits per heavy atom. The molecule has 2 radical (unpaired) electrons. The maximum Gasteiger partial charge on any atom is 2.00 e. The van der Waals surface area contributed by atoms with Crippen LogP contribution in [0.15, 0.2) is 0 Å². The molecular weight excluding hydrogens is 495 g/mol. The van der Waals surface area contributed by atoms with Crippen molar-refractivity contribution in [2.24, 2.45) is 0 Å². The molecule has 0 aliphatic rings. The molecule has 0 fully saturated rings. The first-order chi connectivity index (χ1) is 12.4. The van der Waals surface area contributed by atoms with Gasteiger partial charge in [0.2, 0.25) is 0 Å². The van der Waals surface area contributed by atoms with E-state index in [-0.39, 0.29) is 47.4 Å². The van der Waals surface area contributed by atoms with Crippen molar-refractivity contribution < 1.29 is 28.5 Å². The molecular formula is C18H38O6S2Sn. The average Bonchev–Trinajstić information content (AvgIpc) is 2.68. The molecule has 0 saturated heterocycles. The number of rotatable bonds is 10. The minimum Gasteiger partial charge on any atom is -0.782 e. The summed E-state index contributed by atoms with van der Waals surface area (Å²) < 4.78 is 18.4. The van der Waals surface area contributed by atoms with Crippen LogP contribution >= 0.6 is 0 Å². The summed E-state index contributed by atoms with van der Waals surface area (Å²) in [6.45, 7) is 10.2. The molecule has 0 atom stereocenters. The maximum absolute atomic E-state index is 10.3. The minimum atomic E-state index is -0.359. The van der Waals surface area contributed by atoms with Crippen LogP contribution in [-0.4, -0.2) is 88.0 Å². The SMILES string of the molecule is CCCC.CCCC.COCCOC(=O)C[S-].COCCOC(=O)C[S-].[Sn+2]. The van der Waals surface area contributed by atoms with E-state index < -0.39 is 0 Å². The first-order valence-corrected chi connectivity index (χ1v) is 10.1. The fraction of sp³-hybridized carbons (Fsp3) is 0.889. The van der Waals surface area contributed by atoms with E-state index in [0.717, 1.165) is 0 Å². The number of ether oxygens (including phenoxy) is 4. The largest absolute Gasteiger partial charge is 2.00 e. The van der Waals surface area contributed by atoms with E-state index in [1.807, 2.05) is 0 Å². The topological polar surface area (TPSA) is 71.1 Å². The summed E-state index contributed by atoms with van der Waals surface area (Å²) in [6, 6.07) is 0. The molecule has 9 heteroatoms. The molecule has 0 saturated carbocycles.